The van der Waals surface area contributed by atoms with E-state index < -0.39 is 11.2 Å². The number of methoxy groups -OCH3 is 1. The molecule has 0 saturated heterocycles. The summed E-state index contributed by atoms with van der Waals surface area (Å²) < 4.78 is 6.53. The normalized spacial score (nSPS) is 13.4. The second-order valence-corrected chi connectivity index (χ2v) is 7.10. The highest BCUT2D eigenvalue weighted by Gasteiger charge is 2.28. The number of H-pyrrole nitrogens is 1. The minimum atomic E-state index is -0.598. The standard InChI is InChI=1S/C21H22N4O4/c1-3-25-18-17(20(27)24-21(25)28)15(10-16(23-18)13-6-7-13)19(26)22-11-12-4-8-14(29-2)9-5-12/h4-5,8-10,13H,3,6-7,11H2,1-2H3,(H,22,26)(H,24,27,28). The van der Waals surface area contributed by atoms with Gasteiger partial charge in [-0.1, -0.05) is 12.1 Å². The molecule has 8 heteroatoms. The number of pyridine rings is 1. The van der Waals surface area contributed by atoms with Crippen molar-refractivity contribution in [3.8, 4) is 5.75 Å². The number of hydrogen-bond acceptors (Lipinski definition) is 5. The molecule has 150 valence electrons. The Labute approximate surface area is 166 Å². The fourth-order valence-electron chi connectivity index (χ4n) is 3.38. The van der Waals surface area contributed by atoms with Crippen LogP contribution in [0.5, 0.6) is 5.75 Å². The van der Waals surface area contributed by atoms with Crippen LogP contribution in [0.25, 0.3) is 11.0 Å². The van der Waals surface area contributed by atoms with Gasteiger partial charge in [0.1, 0.15) is 5.75 Å². The van der Waals surface area contributed by atoms with E-state index in [-0.39, 0.29) is 28.4 Å². The number of rotatable bonds is 6. The molecule has 2 aromatic heterocycles. The number of aromatic nitrogens is 3. The highest BCUT2D eigenvalue weighted by atomic mass is 16.5. The van der Waals surface area contributed by atoms with Gasteiger partial charge in [-0.15, -0.1) is 0 Å². The average Bonchev–Trinajstić information content (AvgIpc) is 3.57. The van der Waals surface area contributed by atoms with Crippen molar-refractivity contribution in [1.82, 2.24) is 19.9 Å². The Morgan fingerprint density at radius 2 is 2.00 bits per heavy atom. The van der Waals surface area contributed by atoms with E-state index in [2.05, 4.69) is 15.3 Å². The van der Waals surface area contributed by atoms with E-state index in [0.717, 1.165) is 29.8 Å². The van der Waals surface area contributed by atoms with Crippen LogP contribution in [0.1, 0.15) is 47.3 Å². The monoisotopic (exact) mass is 394 g/mol. The van der Waals surface area contributed by atoms with E-state index in [1.54, 1.807) is 20.1 Å². The van der Waals surface area contributed by atoms with Gasteiger partial charge < -0.3 is 10.1 Å². The lowest BCUT2D eigenvalue weighted by atomic mass is 10.1. The maximum atomic E-state index is 13.0. The van der Waals surface area contributed by atoms with Crippen LogP contribution in [0, 0.1) is 0 Å². The summed E-state index contributed by atoms with van der Waals surface area (Å²) in [6, 6.07) is 9.04. The molecule has 0 aliphatic heterocycles. The summed E-state index contributed by atoms with van der Waals surface area (Å²) in [4.78, 5) is 44.6. The Morgan fingerprint density at radius 1 is 1.28 bits per heavy atom. The molecule has 0 atom stereocenters. The zero-order chi connectivity index (χ0) is 20.5. The number of nitrogens with zero attached hydrogens (tertiary/aromatic N) is 2. The average molecular weight is 394 g/mol. The molecule has 3 aromatic rings. The first-order valence-electron chi connectivity index (χ1n) is 9.60. The summed E-state index contributed by atoms with van der Waals surface area (Å²) in [5.41, 5.74) is 1.04. The fraction of sp³-hybridized carbons (Fsp3) is 0.333. The first-order valence-corrected chi connectivity index (χ1v) is 9.60. The number of benzene rings is 1. The minimum Gasteiger partial charge on any atom is -0.497 e. The molecule has 0 unspecified atom stereocenters. The molecule has 0 radical (unpaired) electrons. The summed E-state index contributed by atoms with van der Waals surface area (Å²) in [7, 11) is 1.59. The number of aromatic amines is 1. The third kappa shape index (κ3) is 3.65. The second-order valence-electron chi connectivity index (χ2n) is 7.10. The van der Waals surface area contributed by atoms with Crippen LogP contribution >= 0.6 is 0 Å². The lowest BCUT2D eigenvalue weighted by Crippen LogP contribution is -2.33. The van der Waals surface area contributed by atoms with Crippen molar-refractivity contribution in [2.45, 2.75) is 38.8 Å². The Kier molecular flexibility index (Phi) is 4.92. The van der Waals surface area contributed by atoms with Gasteiger partial charge in [-0.05, 0) is 43.5 Å². The van der Waals surface area contributed by atoms with Crippen molar-refractivity contribution in [2.75, 3.05) is 7.11 Å². The van der Waals surface area contributed by atoms with E-state index in [4.69, 9.17) is 4.74 Å². The van der Waals surface area contributed by atoms with Crippen LogP contribution < -0.4 is 21.3 Å². The molecule has 0 spiro atoms. The van der Waals surface area contributed by atoms with Gasteiger partial charge in [0.2, 0.25) is 0 Å². The predicted octanol–water partition coefficient (Wildman–Crippen LogP) is 1.92. The number of fused-ring (bicyclic) bond motifs is 1. The summed E-state index contributed by atoms with van der Waals surface area (Å²) in [6.07, 6.45) is 1.98. The van der Waals surface area contributed by atoms with E-state index in [1.807, 2.05) is 24.3 Å². The second kappa shape index (κ2) is 7.54. The van der Waals surface area contributed by atoms with Gasteiger partial charge in [-0.3, -0.25) is 19.1 Å². The number of carbonyl (C=O) groups excluding carboxylic acids is 1. The molecule has 1 aromatic carbocycles. The Bertz CT molecular complexity index is 1190. The van der Waals surface area contributed by atoms with Crippen LogP contribution in [-0.2, 0) is 13.1 Å². The van der Waals surface area contributed by atoms with Crippen molar-refractivity contribution in [3.05, 3.63) is 68.0 Å². The number of carbonyl (C=O) groups is 1. The van der Waals surface area contributed by atoms with Crippen LogP contribution in [0.3, 0.4) is 0 Å². The smallest absolute Gasteiger partial charge is 0.329 e. The largest absolute Gasteiger partial charge is 0.497 e. The molecule has 8 nitrogen and oxygen atoms in total. The molecule has 1 aliphatic carbocycles. The Balaban J connectivity index is 1.74. The summed E-state index contributed by atoms with van der Waals surface area (Å²) in [5, 5.41) is 3.00. The zero-order valence-electron chi connectivity index (χ0n) is 16.3. The number of nitrogens with one attached hydrogen (secondary N) is 2. The maximum absolute atomic E-state index is 13.0. The predicted molar refractivity (Wildman–Crippen MR) is 108 cm³/mol. The maximum Gasteiger partial charge on any atom is 0.329 e. The van der Waals surface area contributed by atoms with Crippen LogP contribution in [0.4, 0.5) is 0 Å². The van der Waals surface area contributed by atoms with E-state index in [0.29, 0.717) is 13.1 Å². The Hall–Kier alpha value is -3.42. The summed E-state index contributed by atoms with van der Waals surface area (Å²) in [5.74, 6) is 0.632. The van der Waals surface area contributed by atoms with E-state index in [9.17, 15) is 14.4 Å². The quantitative estimate of drug-likeness (QED) is 0.664. The molecule has 1 fully saturated rings. The number of aryl methyl sites for hydroxylation is 1. The van der Waals surface area contributed by atoms with Gasteiger partial charge in [0.05, 0.1) is 18.1 Å². The van der Waals surface area contributed by atoms with Crippen molar-refractivity contribution < 1.29 is 9.53 Å². The molecular weight excluding hydrogens is 372 g/mol. The van der Waals surface area contributed by atoms with E-state index >= 15 is 0 Å². The van der Waals surface area contributed by atoms with Crippen molar-refractivity contribution in [3.63, 3.8) is 0 Å². The lowest BCUT2D eigenvalue weighted by molar-refractivity contribution is 0.0952. The van der Waals surface area contributed by atoms with E-state index in [1.165, 1.54) is 4.57 Å². The van der Waals surface area contributed by atoms with Gasteiger partial charge in [0, 0.05) is 24.7 Å². The first-order chi connectivity index (χ1) is 14.0. The molecule has 0 bridgehead atoms. The SMILES string of the molecule is CCn1c(=O)[nH]c(=O)c2c(C(=O)NCc3ccc(OC)cc3)cc(C3CC3)nc21. The molecule has 1 aliphatic rings. The van der Waals surface area contributed by atoms with Crippen molar-refractivity contribution >= 4 is 16.9 Å². The lowest BCUT2D eigenvalue weighted by Gasteiger charge is -2.12. The molecule has 2 heterocycles. The molecule has 4 rings (SSSR count). The van der Waals surface area contributed by atoms with Crippen molar-refractivity contribution in [1.29, 1.82) is 0 Å². The molecule has 2 N–H and O–H groups in total. The van der Waals surface area contributed by atoms with Gasteiger partial charge in [-0.2, -0.15) is 0 Å². The van der Waals surface area contributed by atoms with Crippen molar-refractivity contribution in [2.24, 2.45) is 0 Å². The highest BCUT2D eigenvalue weighted by Crippen LogP contribution is 2.39. The molecule has 1 amide bonds. The third-order valence-electron chi connectivity index (χ3n) is 5.14. The summed E-state index contributed by atoms with van der Waals surface area (Å²) >= 11 is 0. The minimum absolute atomic E-state index is 0.142. The molecule has 1 saturated carbocycles. The van der Waals surface area contributed by atoms with Gasteiger partial charge in [0.25, 0.3) is 11.5 Å². The topological polar surface area (TPSA) is 106 Å². The van der Waals surface area contributed by atoms with Crippen LogP contribution in [0.2, 0.25) is 0 Å². The van der Waals surface area contributed by atoms with Gasteiger partial charge in [0.15, 0.2) is 5.65 Å². The molecular formula is C21H22N4O4. The summed E-state index contributed by atoms with van der Waals surface area (Å²) in [6.45, 7) is 2.45. The van der Waals surface area contributed by atoms with Gasteiger partial charge >= 0.3 is 5.69 Å². The molecule has 29 heavy (non-hydrogen) atoms. The number of amides is 1. The Morgan fingerprint density at radius 3 is 2.62 bits per heavy atom. The number of ether oxygens (including phenoxy) is 1. The first kappa shape index (κ1) is 18.9. The third-order valence-corrected chi connectivity index (χ3v) is 5.14. The van der Waals surface area contributed by atoms with Crippen LogP contribution in [0.15, 0.2) is 39.9 Å². The van der Waals surface area contributed by atoms with Crippen LogP contribution in [-0.4, -0.2) is 27.6 Å². The zero-order valence-corrected chi connectivity index (χ0v) is 16.3. The number of hydrogen-bond donors (Lipinski definition) is 2. The fourth-order valence-corrected chi connectivity index (χ4v) is 3.38. The van der Waals surface area contributed by atoms with Gasteiger partial charge in [-0.25, -0.2) is 9.78 Å². The highest BCUT2D eigenvalue weighted by molar-refractivity contribution is 6.05.